The van der Waals surface area contributed by atoms with E-state index in [-0.39, 0.29) is 57.8 Å². The molecule has 124 valence electrons. The van der Waals surface area contributed by atoms with Crippen molar-refractivity contribution in [3.05, 3.63) is 48.6 Å². The number of allylic oxidation sites excluding steroid dienone is 8. The number of aliphatic carboxylic acids is 1. The molecular formula is C20H31KO2. The number of carboxylic acid groups (broad SMARTS) is 1. The summed E-state index contributed by atoms with van der Waals surface area (Å²) in [6.45, 7) is 2.23. The van der Waals surface area contributed by atoms with Gasteiger partial charge in [0.1, 0.15) is 0 Å². The molecule has 0 aliphatic carbocycles. The topological polar surface area (TPSA) is 40.1 Å². The van der Waals surface area contributed by atoms with E-state index in [1.54, 1.807) is 0 Å². The van der Waals surface area contributed by atoms with Crippen LogP contribution in [0.3, 0.4) is 0 Å². The van der Waals surface area contributed by atoms with E-state index in [1.165, 1.54) is 25.7 Å². The molecule has 0 fully saturated rings. The zero-order chi connectivity index (χ0) is 16.3. The van der Waals surface area contributed by atoms with Crippen LogP contribution in [0, 0.1) is 0 Å². The Morgan fingerprint density at radius 2 is 1.17 bits per heavy atom. The van der Waals surface area contributed by atoms with Gasteiger partial charge in [-0.15, -0.1) is 0 Å². The van der Waals surface area contributed by atoms with E-state index in [4.69, 9.17) is 0 Å². The Balaban J connectivity index is 0. The summed E-state index contributed by atoms with van der Waals surface area (Å²) in [4.78, 5) is 10.2. The van der Waals surface area contributed by atoms with E-state index in [2.05, 4.69) is 49.5 Å². The summed E-state index contributed by atoms with van der Waals surface area (Å²) in [5.41, 5.74) is 0. The summed E-state index contributed by atoms with van der Waals surface area (Å²) in [5.74, 6) is -0.962. The molecule has 0 aliphatic rings. The maximum atomic E-state index is 10.2. The van der Waals surface area contributed by atoms with Gasteiger partial charge in [0, 0.05) is 5.97 Å². The van der Waals surface area contributed by atoms with Crippen LogP contribution in [0.25, 0.3) is 0 Å². The maximum Gasteiger partial charge on any atom is 1.00 e. The third kappa shape index (κ3) is 24.4. The van der Waals surface area contributed by atoms with Gasteiger partial charge in [0.2, 0.25) is 0 Å². The van der Waals surface area contributed by atoms with Crippen molar-refractivity contribution in [1.82, 2.24) is 0 Å². The normalized spacial score (nSPS) is 11.9. The Bertz CT molecular complexity index is 368. The minimum Gasteiger partial charge on any atom is -0.550 e. The molecule has 3 heteroatoms. The van der Waals surface area contributed by atoms with Crippen LogP contribution in [0.5, 0.6) is 0 Å². The van der Waals surface area contributed by atoms with Crippen LogP contribution in [0.2, 0.25) is 0 Å². The van der Waals surface area contributed by atoms with Gasteiger partial charge in [-0.1, -0.05) is 68.4 Å². The minimum absolute atomic E-state index is 0. The van der Waals surface area contributed by atoms with Crippen molar-refractivity contribution in [1.29, 1.82) is 0 Å². The molecule has 0 unspecified atom stereocenters. The predicted octanol–water partition coefficient (Wildman–Crippen LogP) is 1.89. The van der Waals surface area contributed by atoms with Crippen LogP contribution in [0.15, 0.2) is 48.6 Å². The largest absolute Gasteiger partial charge is 1.00 e. The van der Waals surface area contributed by atoms with Gasteiger partial charge in [0.25, 0.3) is 0 Å². The Kier molecular flexibility index (Phi) is 24.3. The first kappa shape index (κ1) is 25.3. The molecule has 0 rings (SSSR count). The zero-order valence-electron chi connectivity index (χ0n) is 15.0. The van der Waals surface area contributed by atoms with Gasteiger partial charge in [-0.25, -0.2) is 0 Å². The third-order valence-corrected chi connectivity index (χ3v) is 3.21. The molecule has 0 aliphatic heterocycles. The molecule has 0 spiro atoms. The minimum atomic E-state index is -0.962. The molecule has 0 saturated heterocycles. The predicted molar refractivity (Wildman–Crippen MR) is 93.4 cm³/mol. The van der Waals surface area contributed by atoms with Crippen molar-refractivity contribution in [2.45, 2.75) is 71.1 Å². The summed E-state index contributed by atoms with van der Waals surface area (Å²) in [6.07, 6.45) is 27.0. The zero-order valence-corrected chi connectivity index (χ0v) is 18.1. The maximum absolute atomic E-state index is 10.2. The van der Waals surface area contributed by atoms with E-state index < -0.39 is 5.97 Å². The van der Waals surface area contributed by atoms with E-state index in [9.17, 15) is 9.90 Å². The molecule has 0 heterocycles. The molecule has 0 atom stereocenters. The van der Waals surface area contributed by atoms with Crippen LogP contribution in [0.1, 0.15) is 71.1 Å². The van der Waals surface area contributed by atoms with Crippen molar-refractivity contribution < 1.29 is 61.3 Å². The first-order valence-corrected chi connectivity index (χ1v) is 8.57. The van der Waals surface area contributed by atoms with Crippen LogP contribution in [0.4, 0.5) is 0 Å². The Labute approximate surface area is 185 Å². The van der Waals surface area contributed by atoms with Crippen LogP contribution >= 0.6 is 0 Å². The van der Waals surface area contributed by atoms with Gasteiger partial charge in [-0.05, 0) is 51.4 Å². The SMILES string of the molecule is CCCCC/C=C\C/C=C\C/C=C\C/C=C\CCCC(=O)[O-].[K+]. The molecule has 23 heavy (non-hydrogen) atoms. The molecule has 0 aromatic heterocycles. The molecular weight excluding hydrogens is 311 g/mol. The summed E-state index contributed by atoms with van der Waals surface area (Å²) >= 11 is 0. The van der Waals surface area contributed by atoms with E-state index >= 15 is 0 Å². The van der Waals surface area contributed by atoms with Gasteiger partial charge in [-0.3, -0.25) is 0 Å². The van der Waals surface area contributed by atoms with Crippen molar-refractivity contribution >= 4 is 5.97 Å². The van der Waals surface area contributed by atoms with Crippen LogP contribution < -0.4 is 56.5 Å². The number of hydrogen-bond acceptors (Lipinski definition) is 2. The van der Waals surface area contributed by atoms with Gasteiger partial charge in [-0.2, -0.15) is 0 Å². The van der Waals surface area contributed by atoms with Crippen LogP contribution in [-0.2, 0) is 4.79 Å². The summed E-state index contributed by atoms with van der Waals surface area (Å²) in [6, 6.07) is 0. The fourth-order valence-electron chi connectivity index (χ4n) is 1.93. The molecule has 0 aromatic carbocycles. The molecule has 0 aromatic rings. The van der Waals surface area contributed by atoms with Gasteiger partial charge in [0.15, 0.2) is 0 Å². The second-order valence-corrected chi connectivity index (χ2v) is 5.35. The number of carboxylic acids is 1. The van der Waals surface area contributed by atoms with E-state index in [0.717, 1.165) is 25.7 Å². The summed E-state index contributed by atoms with van der Waals surface area (Å²) < 4.78 is 0. The van der Waals surface area contributed by atoms with Crippen molar-refractivity contribution in [2.24, 2.45) is 0 Å². The van der Waals surface area contributed by atoms with Gasteiger partial charge in [0.05, 0.1) is 0 Å². The van der Waals surface area contributed by atoms with Crippen molar-refractivity contribution in [3.8, 4) is 0 Å². The number of rotatable bonds is 14. The first-order chi connectivity index (χ1) is 10.8. The van der Waals surface area contributed by atoms with Crippen molar-refractivity contribution in [3.63, 3.8) is 0 Å². The monoisotopic (exact) mass is 342 g/mol. The number of unbranched alkanes of at least 4 members (excludes halogenated alkanes) is 4. The molecule has 0 amide bonds. The van der Waals surface area contributed by atoms with E-state index in [0.29, 0.717) is 6.42 Å². The average molecular weight is 343 g/mol. The fraction of sp³-hybridized carbons (Fsp3) is 0.550. The first-order valence-electron chi connectivity index (χ1n) is 8.57. The number of carbonyl (C=O) groups is 1. The smallest absolute Gasteiger partial charge is 0.550 e. The Morgan fingerprint density at radius 3 is 1.61 bits per heavy atom. The Hall–Kier alpha value is 0.0664. The number of hydrogen-bond donors (Lipinski definition) is 0. The average Bonchev–Trinajstić information content (AvgIpc) is 2.50. The molecule has 0 bridgehead atoms. The number of carbonyl (C=O) groups excluding carboxylic acids is 1. The summed E-state index contributed by atoms with van der Waals surface area (Å²) in [5, 5.41) is 10.2. The third-order valence-electron chi connectivity index (χ3n) is 3.21. The van der Waals surface area contributed by atoms with Crippen LogP contribution in [-0.4, -0.2) is 5.97 Å². The Morgan fingerprint density at radius 1 is 0.739 bits per heavy atom. The van der Waals surface area contributed by atoms with Gasteiger partial charge < -0.3 is 9.90 Å². The quantitative estimate of drug-likeness (QED) is 0.275. The van der Waals surface area contributed by atoms with Crippen molar-refractivity contribution in [2.75, 3.05) is 0 Å². The molecule has 0 radical (unpaired) electrons. The van der Waals surface area contributed by atoms with Gasteiger partial charge >= 0.3 is 51.4 Å². The van der Waals surface area contributed by atoms with E-state index in [1.807, 2.05) is 6.08 Å². The second kappa shape index (κ2) is 22.1. The molecule has 2 nitrogen and oxygen atoms in total. The molecule has 0 saturated carbocycles. The summed E-state index contributed by atoms with van der Waals surface area (Å²) in [7, 11) is 0. The second-order valence-electron chi connectivity index (χ2n) is 5.35. The standard InChI is InChI=1S/C20H32O2.K/c1-2-3-4-5-6-7-8-9-10-11-12-13-14-15-16-17-18-19-20(21)22;/h6-7,9-10,12-13,15-16H,2-5,8,11,14,17-19H2,1H3,(H,21,22);/q;+1/p-1/b7-6-,10-9-,13-12-,16-15-;. The molecule has 0 N–H and O–H groups in total. The fourth-order valence-corrected chi connectivity index (χ4v) is 1.93.